The topological polar surface area (TPSA) is 20.3 Å². The van der Waals surface area contributed by atoms with Crippen LogP contribution in [0.2, 0.25) is 0 Å². The minimum absolute atomic E-state index is 0.442. The van der Waals surface area contributed by atoms with Gasteiger partial charge in [0.25, 0.3) is 0 Å². The smallest absolute Gasteiger partial charge is 0.145 e. The number of allylic oxidation sites excluding steroid dienone is 1. The van der Waals surface area contributed by atoms with E-state index in [1.54, 1.807) is 6.92 Å². The van der Waals surface area contributed by atoms with Gasteiger partial charge in [0.05, 0.1) is 5.70 Å². The van der Waals surface area contributed by atoms with Crippen LogP contribution in [-0.2, 0) is 4.79 Å². The summed E-state index contributed by atoms with van der Waals surface area (Å²) in [6.45, 7) is 8.14. The molecule has 0 saturated carbocycles. The molecule has 0 saturated heterocycles. The second-order valence-corrected chi connectivity index (χ2v) is 4.46. The maximum atomic E-state index is 10.7. The van der Waals surface area contributed by atoms with E-state index < -0.39 is 0 Å². The molecule has 0 aromatic heterocycles. The highest BCUT2D eigenvalue weighted by molar-refractivity contribution is 5.66. The zero-order chi connectivity index (χ0) is 12.3. The summed E-state index contributed by atoms with van der Waals surface area (Å²) < 4.78 is 0. The monoisotopic (exact) mass is 217 g/mol. The third-order valence-electron chi connectivity index (χ3n) is 2.82. The minimum Gasteiger partial charge on any atom is -0.339 e. The molecule has 0 atom stereocenters. The molecule has 1 aromatic rings. The minimum atomic E-state index is 0.442. The number of hydrogen-bond donors (Lipinski definition) is 0. The van der Waals surface area contributed by atoms with E-state index in [1.807, 2.05) is 17.9 Å². The van der Waals surface area contributed by atoms with E-state index >= 15 is 0 Å². The fourth-order valence-corrected chi connectivity index (χ4v) is 1.68. The van der Waals surface area contributed by atoms with Gasteiger partial charge in [-0.1, -0.05) is 26.0 Å². The first-order valence-corrected chi connectivity index (χ1v) is 5.53. The van der Waals surface area contributed by atoms with Gasteiger partial charge < -0.3 is 4.90 Å². The third-order valence-corrected chi connectivity index (χ3v) is 2.82. The van der Waals surface area contributed by atoms with E-state index in [9.17, 15) is 4.79 Å². The van der Waals surface area contributed by atoms with E-state index in [4.69, 9.17) is 0 Å². The molecule has 0 aliphatic heterocycles. The highest BCUT2D eigenvalue weighted by Crippen LogP contribution is 2.29. The molecule has 0 fully saturated rings. The van der Waals surface area contributed by atoms with Gasteiger partial charge in [-0.3, -0.25) is 0 Å². The molecule has 0 spiro atoms. The number of hydrogen-bond acceptors (Lipinski definition) is 2. The van der Waals surface area contributed by atoms with Crippen LogP contribution in [0.15, 0.2) is 23.9 Å². The van der Waals surface area contributed by atoms with Crippen molar-refractivity contribution in [3.05, 3.63) is 35.0 Å². The molecule has 0 aliphatic carbocycles. The second kappa shape index (κ2) is 5.00. The van der Waals surface area contributed by atoms with Gasteiger partial charge >= 0.3 is 0 Å². The molecule has 16 heavy (non-hydrogen) atoms. The SMILES string of the molecule is CC(=C=O)N(C)c1cc(C)ccc1C(C)C. The molecular weight excluding hydrogens is 198 g/mol. The first-order valence-electron chi connectivity index (χ1n) is 5.53. The van der Waals surface area contributed by atoms with Gasteiger partial charge in [-0.05, 0) is 37.0 Å². The van der Waals surface area contributed by atoms with Gasteiger partial charge in [0, 0.05) is 12.7 Å². The zero-order valence-electron chi connectivity index (χ0n) is 10.7. The quantitative estimate of drug-likeness (QED) is 0.724. The lowest BCUT2D eigenvalue weighted by Crippen LogP contribution is -2.17. The molecule has 0 N–H and O–H groups in total. The molecule has 0 radical (unpaired) electrons. The fraction of sp³-hybridized carbons (Fsp3) is 0.429. The molecule has 0 heterocycles. The van der Waals surface area contributed by atoms with Crippen molar-refractivity contribution in [2.45, 2.75) is 33.6 Å². The summed E-state index contributed by atoms with van der Waals surface area (Å²) >= 11 is 0. The van der Waals surface area contributed by atoms with Crippen molar-refractivity contribution < 1.29 is 4.79 Å². The van der Waals surface area contributed by atoms with Gasteiger partial charge in [-0.2, -0.15) is 0 Å². The molecule has 0 bridgehead atoms. The summed E-state index contributed by atoms with van der Waals surface area (Å²) in [6.07, 6.45) is 0. The molecule has 0 unspecified atom stereocenters. The summed E-state index contributed by atoms with van der Waals surface area (Å²) in [6, 6.07) is 6.34. The number of benzene rings is 1. The van der Waals surface area contributed by atoms with E-state index in [1.165, 1.54) is 11.1 Å². The second-order valence-electron chi connectivity index (χ2n) is 4.46. The Balaban J connectivity index is 3.29. The number of nitrogens with zero attached hydrogens (tertiary/aromatic N) is 1. The van der Waals surface area contributed by atoms with Crippen molar-refractivity contribution in [2.24, 2.45) is 0 Å². The van der Waals surface area contributed by atoms with E-state index in [0.717, 1.165) is 5.69 Å². The van der Waals surface area contributed by atoms with Crippen molar-refractivity contribution in [3.8, 4) is 0 Å². The normalized spacial score (nSPS) is 10.1. The number of rotatable bonds is 3. The average Bonchev–Trinajstić information content (AvgIpc) is 2.26. The lowest BCUT2D eigenvalue weighted by Gasteiger charge is -2.23. The Bertz CT molecular complexity index is 428. The zero-order valence-corrected chi connectivity index (χ0v) is 10.7. The molecule has 1 rings (SSSR count). The lowest BCUT2D eigenvalue weighted by atomic mass is 9.98. The van der Waals surface area contributed by atoms with E-state index in [-0.39, 0.29) is 0 Å². The van der Waals surface area contributed by atoms with Crippen LogP contribution >= 0.6 is 0 Å². The van der Waals surface area contributed by atoms with E-state index in [2.05, 4.69) is 39.0 Å². The summed E-state index contributed by atoms with van der Waals surface area (Å²) in [7, 11) is 1.90. The lowest BCUT2D eigenvalue weighted by molar-refractivity contribution is 0.566. The molecule has 86 valence electrons. The largest absolute Gasteiger partial charge is 0.339 e. The van der Waals surface area contributed by atoms with E-state index in [0.29, 0.717) is 11.6 Å². The Kier molecular flexibility index (Phi) is 3.92. The van der Waals surface area contributed by atoms with Crippen LogP contribution in [0.25, 0.3) is 0 Å². The van der Waals surface area contributed by atoms with Crippen LogP contribution in [0.4, 0.5) is 5.69 Å². The van der Waals surface area contributed by atoms with Crippen LogP contribution in [0.1, 0.15) is 37.8 Å². The van der Waals surface area contributed by atoms with Crippen LogP contribution in [0.3, 0.4) is 0 Å². The molecule has 1 aromatic carbocycles. The first kappa shape index (κ1) is 12.5. The third kappa shape index (κ3) is 2.53. The van der Waals surface area contributed by atoms with Gasteiger partial charge in [0.15, 0.2) is 0 Å². The van der Waals surface area contributed by atoms with Crippen molar-refractivity contribution in [1.29, 1.82) is 0 Å². The maximum Gasteiger partial charge on any atom is 0.145 e. The maximum absolute atomic E-state index is 10.7. The standard InChI is InChI=1S/C14H19NO/c1-10(2)13-7-6-11(3)8-14(13)15(5)12(4)9-16/h6-8,10H,1-5H3. The van der Waals surface area contributed by atoms with Crippen LogP contribution < -0.4 is 4.90 Å². The predicted octanol–water partition coefficient (Wildman–Crippen LogP) is 3.29. The number of anilines is 1. The Morgan fingerprint density at radius 2 is 2.00 bits per heavy atom. The van der Waals surface area contributed by atoms with Crippen LogP contribution in [0.5, 0.6) is 0 Å². The van der Waals surface area contributed by atoms with Gasteiger partial charge in [-0.15, -0.1) is 0 Å². The summed E-state index contributed by atoms with van der Waals surface area (Å²) in [5.41, 5.74) is 4.15. The number of aryl methyl sites for hydroxylation is 1. The Morgan fingerprint density at radius 1 is 1.38 bits per heavy atom. The summed E-state index contributed by atoms with van der Waals surface area (Å²) in [5.74, 6) is 2.38. The van der Waals surface area contributed by atoms with Crippen LogP contribution in [-0.4, -0.2) is 13.0 Å². The Hall–Kier alpha value is -1.53. The van der Waals surface area contributed by atoms with Crippen molar-refractivity contribution in [2.75, 3.05) is 11.9 Å². The summed E-state index contributed by atoms with van der Waals surface area (Å²) in [5, 5.41) is 0. The number of carbonyl (C=O) groups excluding carboxylic acids is 1. The first-order chi connectivity index (χ1) is 7.47. The van der Waals surface area contributed by atoms with Crippen molar-refractivity contribution >= 4 is 11.6 Å². The highest BCUT2D eigenvalue weighted by atomic mass is 16.1. The molecule has 0 amide bonds. The van der Waals surface area contributed by atoms with Crippen molar-refractivity contribution in [1.82, 2.24) is 0 Å². The Labute approximate surface area is 97.6 Å². The van der Waals surface area contributed by atoms with Crippen molar-refractivity contribution in [3.63, 3.8) is 0 Å². The van der Waals surface area contributed by atoms with Gasteiger partial charge in [0.2, 0.25) is 0 Å². The molecule has 2 heteroatoms. The predicted molar refractivity (Wildman–Crippen MR) is 68.6 cm³/mol. The average molecular weight is 217 g/mol. The van der Waals surface area contributed by atoms with Crippen LogP contribution in [0, 0.1) is 6.92 Å². The molecular formula is C14H19NO. The Morgan fingerprint density at radius 3 is 2.50 bits per heavy atom. The van der Waals surface area contributed by atoms with Gasteiger partial charge in [0.1, 0.15) is 5.94 Å². The fourth-order valence-electron chi connectivity index (χ4n) is 1.68. The molecule has 0 aliphatic rings. The van der Waals surface area contributed by atoms with Gasteiger partial charge in [-0.25, -0.2) is 4.79 Å². The molecule has 2 nitrogen and oxygen atoms in total. The summed E-state index contributed by atoms with van der Waals surface area (Å²) in [4.78, 5) is 12.6. The highest BCUT2D eigenvalue weighted by Gasteiger charge is 2.12.